The monoisotopic (exact) mass is 521 g/mol. The fraction of sp³-hybridized carbons (Fsp3) is 0.192. The molecule has 0 spiro atoms. The molecule has 0 aliphatic carbocycles. The highest BCUT2D eigenvalue weighted by Gasteiger charge is 2.27. The van der Waals surface area contributed by atoms with Gasteiger partial charge in [0.15, 0.2) is 0 Å². The Kier molecular flexibility index (Phi) is 6.55. The lowest BCUT2D eigenvalue weighted by atomic mass is 10.1. The normalized spacial score (nSPS) is 14.5. The number of hydrogen-bond donors (Lipinski definition) is 2. The Bertz CT molecular complexity index is 1580. The molecule has 1 aliphatic rings. The van der Waals surface area contributed by atoms with Crippen LogP contribution < -0.4 is 4.72 Å². The molecule has 0 atom stereocenters. The number of piperidine rings is 1. The molecule has 0 saturated carbocycles. The largest absolute Gasteiger partial charge is 0.506 e. The highest BCUT2D eigenvalue weighted by atomic mass is 32.2. The second-order valence-electron chi connectivity index (χ2n) is 8.46. The summed E-state index contributed by atoms with van der Waals surface area (Å²) >= 11 is 1.29. The smallest absolute Gasteiger partial charge is 0.234 e. The highest BCUT2D eigenvalue weighted by molar-refractivity contribution is 7.99. The highest BCUT2D eigenvalue weighted by Crippen LogP contribution is 2.44. The summed E-state index contributed by atoms with van der Waals surface area (Å²) in [5.74, 6) is -1.08. The first-order chi connectivity index (χ1) is 17.3. The molecule has 1 fully saturated rings. The van der Waals surface area contributed by atoms with Crippen molar-refractivity contribution in [2.75, 3.05) is 17.0 Å². The summed E-state index contributed by atoms with van der Waals surface area (Å²) in [7, 11) is -3.91. The zero-order valence-electron chi connectivity index (χ0n) is 19.2. The number of nitrogens with one attached hydrogen (secondary N) is 1. The number of phenols is 1. The second-order valence-corrected chi connectivity index (χ2v) is 11.4. The van der Waals surface area contributed by atoms with Crippen LogP contribution in [0.5, 0.6) is 5.75 Å². The SMILES string of the molecule is O=C1CCCC(=O)N1CCS(=O)(=O)Nc1cc(Sc2cccc3cccnc23)c(O)c2ccccc12. The van der Waals surface area contributed by atoms with Crippen LogP contribution in [0.3, 0.4) is 0 Å². The van der Waals surface area contributed by atoms with E-state index in [2.05, 4.69) is 9.71 Å². The summed E-state index contributed by atoms with van der Waals surface area (Å²) in [6.07, 6.45) is 2.67. The summed E-state index contributed by atoms with van der Waals surface area (Å²) in [5.41, 5.74) is 1.07. The van der Waals surface area contributed by atoms with E-state index in [0.717, 1.165) is 20.7 Å². The fourth-order valence-corrected chi connectivity index (χ4v) is 6.32. The van der Waals surface area contributed by atoms with Crippen molar-refractivity contribution in [3.05, 3.63) is 66.9 Å². The Labute approximate surface area is 212 Å². The molecule has 0 radical (unpaired) electrons. The van der Waals surface area contributed by atoms with Crippen LogP contribution in [0.1, 0.15) is 19.3 Å². The zero-order valence-corrected chi connectivity index (χ0v) is 20.8. The number of pyridine rings is 1. The molecule has 0 bridgehead atoms. The Hall–Kier alpha value is -3.63. The van der Waals surface area contributed by atoms with Crippen LogP contribution in [0.25, 0.3) is 21.7 Å². The van der Waals surface area contributed by atoms with Crippen LogP contribution in [-0.4, -0.2) is 47.5 Å². The Morgan fingerprint density at radius 1 is 0.944 bits per heavy atom. The van der Waals surface area contributed by atoms with Crippen molar-refractivity contribution in [3.8, 4) is 5.75 Å². The quantitative estimate of drug-likeness (QED) is 0.271. The minimum Gasteiger partial charge on any atom is -0.506 e. The number of fused-ring (bicyclic) bond motifs is 2. The van der Waals surface area contributed by atoms with Crippen LogP contribution in [0.15, 0.2) is 76.7 Å². The first kappa shape index (κ1) is 24.1. The van der Waals surface area contributed by atoms with Gasteiger partial charge in [0.2, 0.25) is 21.8 Å². The summed E-state index contributed by atoms with van der Waals surface area (Å²) in [6.45, 7) is -0.202. The third-order valence-corrected chi connectivity index (χ3v) is 8.36. The van der Waals surface area contributed by atoms with E-state index in [1.165, 1.54) is 11.8 Å². The maximum absolute atomic E-state index is 13.0. The topological polar surface area (TPSA) is 117 Å². The van der Waals surface area contributed by atoms with Gasteiger partial charge in [-0.15, -0.1) is 0 Å². The minimum absolute atomic E-state index is 0.0380. The van der Waals surface area contributed by atoms with Crippen LogP contribution in [0.2, 0.25) is 0 Å². The van der Waals surface area contributed by atoms with Gasteiger partial charge in [-0.25, -0.2) is 8.42 Å². The van der Waals surface area contributed by atoms with Crippen LogP contribution in [0, 0.1) is 0 Å². The molecule has 36 heavy (non-hydrogen) atoms. The van der Waals surface area contributed by atoms with E-state index < -0.39 is 15.8 Å². The third-order valence-electron chi connectivity index (χ3n) is 6.03. The van der Waals surface area contributed by atoms with E-state index in [9.17, 15) is 23.1 Å². The third kappa shape index (κ3) is 4.87. The number of amides is 2. The maximum atomic E-state index is 13.0. The molecule has 0 unspecified atom stereocenters. The number of phenolic OH excluding ortho intramolecular Hbond substituents is 1. The first-order valence-corrected chi connectivity index (χ1v) is 13.9. The number of benzene rings is 3. The van der Waals surface area contributed by atoms with E-state index in [1.807, 2.05) is 30.3 Å². The number of aromatic nitrogens is 1. The van der Waals surface area contributed by atoms with Gasteiger partial charge in [0.25, 0.3) is 0 Å². The molecule has 5 rings (SSSR count). The van der Waals surface area contributed by atoms with Crippen molar-refractivity contribution in [3.63, 3.8) is 0 Å². The molecule has 2 heterocycles. The molecular formula is C26H23N3O5S2. The molecular weight excluding hydrogens is 498 g/mol. The number of imide groups is 1. The standard InChI is InChI=1S/C26H23N3O5S2/c30-23-11-4-12-24(31)29(23)14-15-36(33,34)28-20-16-22(26(32)19-9-2-1-8-18(19)20)35-21-10-3-6-17-7-5-13-27-25(17)21/h1-3,5-10,13,16,28,32H,4,11-12,14-15H2. The van der Waals surface area contributed by atoms with Gasteiger partial charge < -0.3 is 5.11 Å². The molecule has 4 aromatic rings. The number of carbonyl (C=O) groups is 2. The van der Waals surface area contributed by atoms with Gasteiger partial charge in [0, 0.05) is 46.6 Å². The van der Waals surface area contributed by atoms with Gasteiger partial charge in [0.05, 0.1) is 21.9 Å². The predicted octanol–water partition coefficient (Wildman–Crippen LogP) is 4.53. The molecule has 8 nitrogen and oxygen atoms in total. The molecule has 184 valence electrons. The van der Waals surface area contributed by atoms with Gasteiger partial charge >= 0.3 is 0 Å². The number of aromatic hydroxyl groups is 1. The summed E-state index contributed by atoms with van der Waals surface area (Å²) in [5, 5.41) is 13.0. The molecule has 10 heteroatoms. The average Bonchev–Trinajstić information content (AvgIpc) is 2.86. The number of sulfonamides is 1. The van der Waals surface area contributed by atoms with Gasteiger partial charge in [-0.3, -0.25) is 24.2 Å². The summed E-state index contributed by atoms with van der Waals surface area (Å²) in [4.78, 5) is 30.9. The number of rotatable bonds is 7. The van der Waals surface area contributed by atoms with Gasteiger partial charge in [-0.05, 0) is 24.6 Å². The first-order valence-electron chi connectivity index (χ1n) is 11.4. The van der Waals surface area contributed by atoms with Crippen molar-refractivity contribution < 1.29 is 23.1 Å². The lowest BCUT2D eigenvalue weighted by molar-refractivity contribution is -0.147. The molecule has 2 amide bonds. The maximum Gasteiger partial charge on any atom is 0.234 e. The number of nitrogens with zero attached hydrogens (tertiary/aromatic N) is 2. The molecule has 1 aromatic heterocycles. The van der Waals surface area contributed by atoms with Crippen molar-refractivity contribution in [2.24, 2.45) is 0 Å². The minimum atomic E-state index is -3.91. The van der Waals surface area contributed by atoms with E-state index in [4.69, 9.17) is 0 Å². The van der Waals surface area contributed by atoms with E-state index >= 15 is 0 Å². The summed E-state index contributed by atoms with van der Waals surface area (Å²) in [6, 6.07) is 18.1. The number of hydrogen-bond acceptors (Lipinski definition) is 7. The van der Waals surface area contributed by atoms with Crippen molar-refractivity contribution in [2.45, 2.75) is 29.1 Å². The van der Waals surface area contributed by atoms with Crippen LogP contribution in [-0.2, 0) is 19.6 Å². The average molecular weight is 522 g/mol. The zero-order chi connectivity index (χ0) is 25.3. The van der Waals surface area contributed by atoms with E-state index in [1.54, 1.807) is 36.5 Å². The number of likely N-dealkylation sites (tertiary alicyclic amines) is 1. The Morgan fingerprint density at radius 3 is 2.44 bits per heavy atom. The molecule has 3 aromatic carbocycles. The number of carbonyl (C=O) groups excluding carboxylic acids is 2. The van der Waals surface area contributed by atoms with Crippen LogP contribution >= 0.6 is 11.8 Å². The van der Waals surface area contributed by atoms with Gasteiger partial charge in [0.1, 0.15) is 5.75 Å². The van der Waals surface area contributed by atoms with Gasteiger partial charge in [-0.1, -0.05) is 54.2 Å². The number of para-hydroxylation sites is 1. The second kappa shape index (κ2) is 9.79. The van der Waals surface area contributed by atoms with Crippen LogP contribution in [0.4, 0.5) is 5.69 Å². The van der Waals surface area contributed by atoms with Crippen molar-refractivity contribution in [1.82, 2.24) is 9.88 Å². The molecule has 1 saturated heterocycles. The molecule has 2 N–H and O–H groups in total. The Morgan fingerprint density at radius 2 is 1.67 bits per heavy atom. The molecule has 1 aliphatic heterocycles. The predicted molar refractivity (Wildman–Crippen MR) is 139 cm³/mol. The van der Waals surface area contributed by atoms with Crippen molar-refractivity contribution in [1.29, 1.82) is 0 Å². The van der Waals surface area contributed by atoms with Crippen molar-refractivity contribution >= 4 is 61.0 Å². The van der Waals surface area contributed by atoms with E-state index in [0.29, 0.717) is 27.8 Å². The lowest BCUT2D eigenvalue weighted by Crippen LogP contribution is -2.43. The van der Waals surface area contributed by atoms with Gasteiger partial charge in [-0.2, -0.15) is 0 Å². The lowest BCUT2D eigenvalue weighted by Gasteiger charge is -2.24. The Balaban J connectivity index is 1.47. The van der Waals surface area contributed by atoms with E-state index in [-0.39, 0.29) is 37.0 Å². The number of anilines is 1. The summed E-state index contributed by atoms with van der Waals surface area (Å²) < 4.78 is 28.6. The fourth-order valence-electron chi connectivity index (χ4n) is 4.25.